The van der Waals surface area contributed by atoms with Crippen molar-refractivity contribution in [3.8, 4) is 0 Å². The number of carbonyl (C=O) groups is 1. The summed E-state index contributed by atoms with van der Waals surface area (Å²) >= 11 is 3.42. The minimum Gasteiger partial charge on any atom is -0.344 e. The van der Waals surface area contributed by atoms with E-state index < -0.39 is 0 Å². The molecule has 0 bridgehead atoms. The summed E-state index contributed by atoms with van der Waals surface area (Å²) in [5.41, 5.74) is 3.28. The van der Waals surface area contributed by atoms with Crippen molar-refractivity contribution in [3.63, 3.8) is 0 Å². The normalized spacial score (nSPS) is 12.5. The van der Waals surface area contributed by atoms with Crippen molar-refractivity contribution in [1.82, 2.24) is 24.9 Å². The van der Waals surface area contributed by atoms with E-state index in [4.69, 9.17) is 0 Å². The van der Waals surface area contributed by atoms with Crippen LogP contribution in [0.1, 0.15) is 47.3 Å². The van der Waals surface area contributed by atoms with E-state index in [1.54, 1.807) is 4.68 Å². The summed E-state index contributed by atoms with van der Waals surface area (Å²) in [7, 11) is 1.82. The van der Waals surface area contributed by atoms with Crippen molar-refractivity contribution in [2.24, 2.45) is 7.05 Å². The minimum atomic E-state index is -0.193. The number of nitrogens with one attached hydrogen (secondary N) is 1. The van der Waals surface area contributed by atoms with Crippen LogP contribution in [0.2, 0.25) is 0 Å². The largest absolute Gasteiger partial charge is 0.344 e. The van der Waals surface area contributed by atoms with Gasteiger partial charge < -0.3 is 5.32 Å². The first-order chi connectivity index (χ1) is 9.85. The maximum Gasteiger partial charge on any atom is 0.273 e. The number of aromatic nitrogens is 4. The Hall–Kier alpha value is -1.63. The lowest BCUT2D eigenvalue weighted by molar-refractivity contribution is 0.0933. The number of aryl methyl sites for hydroxylation is 3. The van der Waals surface area contributed by atoms with Crippen LogP contribution in [0.4, 0.5) is 0 Å². The Bertz CT molecular complexity index is 673. The molecule has 2 rings (SSSR count). The molecule has 1 amide bonds. The van der Waals surface area contributed by atoms with Crippen LogP contribution in [0, 0.1) is 13.8 Å². The van der Waals surface area contributed by atoms with E-state index >= 15 is 0 Å². The highest BCUT2D eigenvalue weighted by atomic mass is 79.9. The lowest BCUT2D eigenvalue weighted by Gasteiger charge is -2.12. The number of rotatable bonds is 4. The molecule has 0 aliphatic heterocycles. The maximum atomic E-state index is 12.4. The van der Waals surface area contributed by atoms with Crippen LogP contribution in [0.15, 0.2) is 10.7 Å². The van der Waals surface area contributed by atoms with Gasteiger partial charge in [0.25, 0.3) is 5.91 Å². The molecule has 2 aromatic rings. The highest BCUT2D eigenvalue weighted by molar-refractivity contribution is 9.10. The first-order valence-electron chi connectivity index (χ1n) is 6.89. The van der Waals surface area contributed by atoms with Gasteiger partial charge in [0.1, 0.15) is 0 Å². The number of hydrogen-bond acceptors (Lipinski definition) is 3. The van der Waals surface area contributed by atoms with Crippen LogP contribution < -0.4 is 5.32 Å². The van der Waals surface area contributed by atoms with E-state index in [0.717, 1.165) is 28.0 Å². The zero-order valence-corrected chi connectivity index (χ0v) is 14.5. The summed E-state index contributed by atoms with van der Waals surface area (Å²) in [5, 5.41) is 11.6. The van der Waals surface area contributed by atoms with Gasteiger partial charge in [-0.15, -0.1) is 0 Å². The van der Waals surface area contributed by atoms with Crippen molar-refractivity contribution in [2.75, 3.05) is 0 Å². The number of hydrogen-bond donors (Lipinski definition) is 1. The first kappa shape index (κ1) is 15.8. The summed E-state index contributed by atoms with van der Waals surface area (Å²) in [5.74, 6) is -0.193. The van der Waals surface area contributed by atoms with E-state index in [1.807, 2.05) is 45.6 Å². The molecule has 0 saturated carbocycles. The Morgan fingerprint density at radius 1 is 1.43 bits per heavy atom. The van der Waals surface area contributed by atoms with Gasteiger partial charge in [-0.2, -0.15) is 10.2 Å². The van der Waals surface area contributed by atoms with E-state index in [1.165, 1.54) is 0 Å². The van der Waals surface area contributed by atoms with Gasteiger partial charge in [0.15, 0.2) is 5.69 Å². The number of nitrogens with zero attached hydrogens (tertiary/aromatic N) is 4. The molecule has 0 aliphatic rings. The lowest BCUT2D eigenvalue weighted by atomic mass is 10.1. The average Bonchev–Trinajstić information content (AvgIpc) is 2.94. The fourth-order valence-electron chi connectivity index (χ4n) is 2.19. The second-order valence-electron chi connectivity index (χ2n) is 5.09. The monoisotopic (exact) mass is 353 g/mol. The standard InChI is InChI=1S/C14H20BrN5O/c1-6-20-7-11(9(3)17-20)8(2)16-14(21)13-12(15)10(4)19(5)18-13/h7-8H,6H2,1-5H3,(H,16,21). The van der Waals surface area contributed by atoms with Gasteiger partial charge >= 0.3 is 0 Å². The van der Waals surface area contributed by atoms with Crippen molar-refractivity contribution in [3.05, 3.63) is 33.3 Å². The van der Waals surface area contributed by atoms with Gasteiger partial charge in [-0.05, 0) is 43.6 Å². The molecule has 1 unspecified atom stereocenters. The molecule has 0 fully saturated rings. The molecular formula is C14H20BrN5O. The Morgan fingerprint density at radius 3 is 2.57 bits per heavy atom. The Labute approximate surface area is 132 Å². The Morgan fingerprint density at radius 2 is 2.10 bits per heavy atom. The van der Waals surface area contributed by atoms with Crippen molar-refractivity contribution >= 4 is 21.8 Å². The molecule has 1 N–H and O–H groups in total. The predicted octanol–water partition coefficient (Wildman–Crippen LogP) is 2.51. The van der Waals surface area contributed by atoms with Gasteiger partial charge in [0, 0.05) is 25.4 Å². The lowest BCUT2D eigenvalue weighted by Crippen LogP contribution is -2.27. The SMILES string of the molecule is CCn1cc(C(C)NC(=O)c2nn(C)c(C)c2Br)c(C)n1. The second-order valence-corrected chi connectivity index (χ2v) is 5.89. The Kier molecular flexibility index (Phi) is 4.51. The summed E-state index contributed by atoms with van der Waals surface area (Å²) in [4.78, 5) is 12.4. The number of carbonyl (C=O) groups excluding carboxylic acids is 1. The summed E-state index contributed by atoms with van der Waals surface area (Å²) in [6, 6.07) is -0.119. The zero-order valence-electron chi connectivity index (χ0n) is 12.9. The van der Waals surface area contributed by atoms with Crippen LogP contribution in [-0.4, -0.2) is 25.5 Å². The maximum absolute atomic E-state index is 12.4. The van der Waals surface area contributed by atoms with E-state index in [0.29, 0.717) is 5.69 Å². The van der Waals surface area contributed by atoms with Gasteiger partial charge in [0.2, 0.25) is 0 Å². The molecule has 114 valence electrons. The number of amides is 1. The Balaban J connectivity index is 2.18. The fraction of sp³-hybridized carbons (Fsp3) is 0.500. The quantitative estimate of drug-likeness (QED) is 0.918. The zero-order chi connectivity index (χ0) is 15.7. The number of halogens is 1. The molecule has 1 atom stereocenters. The highest BCUT2D eigenvalue weighted by Gasteiger charge is 2.21. The first-order valence-corrected chi connectivity index (χ1v) is 7.68. The van der Waals surface area contributed by atoms with E-state index in [9.17, 15) is 4.79 Å². The third kappa shape index (κ3) is 3.02. The smallest absolute Gasteiger partial charge is 0.273 e. The highest BCUT2D eigenvalue weighted by Crippen LogP contribution is 2.22. The van der Waals surface area contributed by atoms with E-state index in [-0.39, 0.29) is 11.9 Å². The van der Waals surface area contributed by atoms with Crippen LogP contribution in [-0.2, 0) is 13.6 Å². The van der Waals surface area contributed by atoms with Gasteiger partial charge in [-0.25, -0.2) is 0 Å². The third-order valence-electron chi connectivity index (χ3n) is 3.60. The van der Waals surface area contributed by atoms with Crippen molar-refractivity contribution in [1.29, 1.82) is 0 Å². The van der Waals surface area contributed by atoms with Gasteiger partial charge in [-0.1, -0.05) is 0 Å². The molecule has 7 heteroatoms. The van der Waals surface area contributed by atoms with Crippen LogP contribution in [0.25, 0.3) is 0 Å². The van der Waals surface area contributed by atoms with Crippen LogP contribution in [0.3, 0.4) is 0 Å². The summed E-state index contributed by atoms with van der Waals surface area (Å²) < 4.78 is 4.29. The molecule has 6 nitrogen and oxygen atoms in total. The van der Waals surface area contributed by atoms with Gasteiger partial charge in [0.05, 0.1) is 21.9 Å². The van der Waals surface area contributed by atoms with Crippen molar-refractivity contribution < 1.29 is 4.79 Å². The van der Waals surface area contributed by atoms with Crippen LogP contribution >= 0.6 is 15.9 Å². The summed E-state index contributed by atoms with van der Waals surface area (Å²) in [6.45, 7) is 8.66. The fourth-order valence-corrected chi connectivity index (χ4v) is 2.71. The van der Waals surface area contributed by atoms with Crippen LogP contribution in [0.5, 0.6) is 0 Å². The second kappa shape index (κ2) is 6.01. The van der Waals surface area contributed by atoms with Gasteiger partial charge in [-0.3, -0.25) is 14.2 Å². The van der Waals surface area contributed by atoms with Crippen molar-refractivity contribution in [2.45, 2.75) is 40.3 Å². The molecule has 2 heterocycles. The molecule has 0 aromatic carbocycles. The predicted molar refractivity (Wildman–Crippen MR) is 84.2 cm³/mol. The topological polar surface area (TPSA) is 64.7 Å². The molecule has 0 radical (unpaired) electrons. The molecule has 0 saturated heterocycles. The third-order valence-corrected chi connectivity index (χ3v) is 4.55. The molecule has 21 heavy (non-hydrogen) atoms. The van der Waals surface area contributed by atoms with E-state index in [2.05, 4.69) is 31.4 Å². The summed E-state index contributed by atoms with van der Waals surface area (Å²) in [6.07, 6.45) is 1.97. The molecule has 0 aliphatic carbocycles. The average molecular weight is 354 g/mol. The molecule has 0 spiro atoms. The molecular weight excluding hydrogens is 334 g/mol. The molecule has 2 aromatic heterocycles. The minimum absolute atomic E-state index is 0.119.